The summed E-state index contributed by atoms with van der Waals surface area (Å²) in [6.07, 6.45) is 0. The van der Waals surface area contributed by atoms with Gasteiger partial charge in [0.1, 0.15) is 0 Å². The molecule has 0 radical (unpaired) electrons. The zero-order valence-corrected chi connectivity index (χ0v) is 72.5. The van der Waals surface area contributed by atoms with Crippen molar-refractivity contribution in [3.63, 3.8) is 0 Å². The second-order valence-electron chi connectivity index (χ2n) is 36.0. The van der Waals surface area contributed by atoms with Crippen LogP contribution >= 0.6 is 0 Å². The highest BCUT2D eigenvalue weighted by Crippen LogP contribution is 2.47. The molecule has 0 bridgehead atoms. The van der Waals surface area contributed by atoms with Crippen LogP contribution < -0.4 is 0 Å². The molecule has 0 spiro atoms. The zero-order valence-electron chi connectivity index (χ0n) is 72.5. The maximum absolute atomic E-state index is 5.90. The molecule has 0 saturated heterocycles. The van der Waals surface area contributed by atoms with Gasteiger partial charge in [-0.2, -0.15) is 0 Å². The molecular weight excluding hydrogens is 1630 g/mol. The summed E-state index contributed by atoms with van der Waals surface area (Å²) in [5.41, 5.74) is 30.8. The SMILES string of the molecule is c1cc(-c2nc(-n3c4ccc(-c5ccc6c(c5)c5ccccc5n6-c5ccc6ccccc6c5)cc4c4cc(-c5ccc6c(c5)c5ccccc5n6-c5ccc6ccccc6c5)ccc43)nc3ccccc23)cc(-n2c3ccc(-c4ccc5c(c4)c4ccccc4n5-c4ccc5ccccc5c4)cc3c3cc(-c4ccc5c(c4)c4ccccc4n5-c4ccc5ccccc5c4)ccc32)c1. The normalized spacial score (nSPS) is 12.2. The van der Waals surface area contributed by atoms with E-state index in [4.69, 9.17) is 9.97 Å². The van der Waals surface area contributed by atoms with Crippen LogP contribution in [0.4, 0.5) is 0 Å². The van der Waals surface area contributed by atoms with Crippen LogP contribution in [0.15, 0.2) is 461 Å². The second kappa shape index (κ2) is 28.8. The van der Waals surface area contributed by atoms with Crippen LogP contribution in [0.5, 0.6) is 0 Å². The van der Waals surface area contributed by atoms with Gasteiger partial charge in [-0.25, -0.2) is 9.97 Å². The van der Waals surface area contributed by atoms with Gasteiger partial charge in [-0.05, 0) is 276 Å². The van der Waals surface area contributed by atoms with E-state index in [1.807, 2.05) is 0 Å². The summed E-state index contributed by atoms with van der Waals surface area (Å²) in [6, 6.07) is 171. The van der Waals surface area contributed by atoms with E-state index in [-0.39, 0.29) is 0 Å². The number of para-hydroxylation sites is 5. The first kappa shape index (κ1) is 74.0. The van der Waals surface area contributed by atoms with Gasteiger partial charge < -0.3 is 22.8 Å². The van der Waals surface area contributed by atoms with Gasteiger partial charge in [-0.1, -0.05) is 273 Å². The zero-order chi connectivity index (χ0) is 87.5. The Bertz CT molecular complexity index is 9630. The third-order valence-corrected chi connectivity index (χ3v) is 28.7. The maximum Gasteiger partial charge on any atom is 0.235 e. The second-order valence-corrected chi connectivity index (χ2v) is 36.0. The Kier molecular flexibility index (Phi) is 15.9. The fourth-order valence-electron chi connectivity index (χ4n) is 22.4. The van der Waals surface area contributed by atoms with Crippen molar-refractivity contribution in [1.29, 1.82) is 0 Å². The van der Waals surface area contributed by atoms with Crippen molar-refractivity contribution in [2.24, 2.45) is 0 Å². The Hall–Kier alpha value is -18.0. The van der Waals surface area contributed by atoms with Crippen molar-refractivity contribution >= 4 is 185 Å². The van der Waals surface area contributed by atoms with E-state index in [1.165, 1.54) is 119 Å². The number of aromatic nitrogens is 8. The van der Waals surface area contributed by atoms with Gasteiger partial charge in [0, 0.05) is 104 Å². The van der Waals surface area contributed by atoms with Crippen LogP contribution in [0.3, 0.4) is 0 Å². The minimum absolute atomic E-state index is 0.584. The molecule has 0 saturated carbocycles. The molecule has 8 heteroatoms. The minimum Gasteiger partial charge on any atom is -0.309 e. The van der Waals surface area contributed by atoms with E-state index >= 15 is 0 Å². The largest absolute Gasteiger partial charge is 0.309 e. The van der Waals surface area contributed by atoms with Crippen molar-refractivity contribution in [1.82, 2.24) is 37.4 Å². The molecule has 620 valence electrons. The Morgan fingerprint density at radius 2 is 0.358 bits per heavy atom. The highest BCUT2D eigenvalue weighted by Gasteiger charge is 2.26. The predicted molar refractivity (Wildman–Crippen MR) is 563 cm³/mol. The molecule has 7 aromatic heterocycles. The maximum atomic E-state index is 5.90. The summed E-state index contributed by atoms with van der Waals surface area (Å²) in [5, 5.41) is 24.9. The van der Waals surface area contributed by atoms with Gasteiger partial charge in [0.15, 0.2) is 0 Å². The molecule has 0 aliphatic rings. The fourth-order valence-corrected chi connectivity index (χ4v) is 22.4. The fraction of sp³-hybridized carbons (Fsp3) is 0. The average molecular weight is 1700 g/mol. The number of rotatable bonds is 11. The Balaban J connectivity index is 0.599. The first-order valence-corrected chi connectivity index (χ1v) is 46.0. The number of fused-ring (bicyclic) bond motifs is 23. The molecule has 0 aliphatic carbocycles. The molecule has 22 aromatic carbocycles. The van der Waals surface area contributed by atoms with E-state index in [0.717, 1.165) is 150 Å². The average Bonchev–Trinajstić information content (AvgIpc) is 1.57. The standard InChI is InChI=1S/C126H76N8/c1-5-24-81-64-95(52-40-77(81)20-1)130-113-36-15-10-30-99(113)104-69-85(44-56-117(104)130)89-48-60-121-108(73-89)109-74-90(86-45-57-118-105(70-86)100-31-11-16-37-114(100)131(118)96-53-41-78-21-2-6-25-82(78)65-96)49-61-122(109)129(121)94-29-19-28-93(68-94)125-103-34-9-14-35-112(103)127-126(128-125)134-123-62-50-91(87-46-58-119-106(71-87)101-32-12-17-38-115(101)132(119)97-54-42-79-22-3-7-26-83(79)66-97)75-110(123)111-76-92(51-63-124(111)134)88-47-59-120-107(72-88)102-33-13-18-39-116(102)133(120)98-55-43-80-23-4-8-27-84(80)67-98/h1-76H. The molecule has 29 aromatic rings. The van der Waals surface area contributed by atoms with Crippen molar-refractivity contribution in [3.8, 4) is 90.2 Å². The molecule has 0 amide bonds. The molecule has 0 aliphatic heterocycles. The first-order valence-electron chi connectivity index (χ1n) is 46.0. The number of benzene rings is 22. The summed E-state index contributed by atoms with van der Waals surface area (Å²) in [7, 11) is 0. The van der Waals surface area contributed by atoms with Crippen molar-refractivity contribution < 1.29 is 0 Å². The van der Waals surface area contributed by atoms with Gasteiger partial charge in [0.2, 0.25) is 5.95 Å². The van der Waals surface area contributed by atoms with E-state index in [1.54, 1.807) is 0 Å². The van der Waals surface area contributed by atoms with Gasteiger partial charge in [-0.15, -0.1) is 0 Å². The highest BCUT2D eigenvalue weighted by molar-refractivity contribution is 6.19. The van der Waals surface area contributed by atoms with E-state index in [0.29, 0.717) is 5.95 Å². The molecule has 0 atom stereocenters. The van der Waals surface area contributed by atoms with Crippen LogP contribution in [-0.4, -0.2) is 37.4 Å². The van der Waals surface area contributed by atoms with E-state index in [9.17, 15) is 0 Å². The quantitative estimate of drug-likeness (QED) is 0.130. The number of hydrogen-bond donors (Lipinski definition) is 0. The lowest BCUT2D eigenvalue weighted by molar-refractivity contribution is 1.01. The van der Waals surface area contributed by atoms with Crippen molar-refractivity contribution in [2.45, 2.75) is 0 Å². The smallest absolute Gasteiger partial charge is 0.235 e. The Morgan fingerprint density at radius 3 is 0.657 bits per heavy atom. The molecule has 8 nitrogen and oxygen atoms in total. The van der Waals surface area contributed by atoms with Gasteiger partial charge in [0.25, 0.3) is 0 Å². The Labute approximate surface area is 768 Å². The summed E-state index contributed by atoms with van der Waals surface area (Å²) in [5.74, 6) is 0.584. The van der Waals surface area contributed by atoms with Crippen molar-refractivity contribution in [3.05, 3.63) is 461 Å². The summed E-state index contributed by atoms with van der Waals surface area (Å²) < 4.78 is 14.5. The minimum atomic E-state index is 0.584. The van der Waals surface area contributed by atoms with E-state index < -0.39 is 0 Å². The van der Waals surface area contributed by atoms with E-state index in [2.05, 4.69) is 488 Å². The monoisotopic (exact) mass is 1700 g/mol. The predicted octanol–water partition coefficient (Wildman–Crippen LogP) is 33.2. The molecular formula is C126H76N8. The van der Waals surface area contributed by atoms with Gasteiger partial charge in [-0.3, -0.25) is 4.57 Å². The van der Waals surface area contributed by atoms with Crippen LogP contribution in [0.2, 0.25) is 0 Å². The number of hydrogen-bond acceptors (Lipinski definition) is 2. The van der Waals surface area contributed by atoms with Crippen LogP contribution in [0.25, 0.3) is 275 Å². The third-order valence-electron chi connectivity index (χ3n) is 28.7. The molecule has 134 heavy (non-hydrogen) atoms. The summed E-state index contributed by atoms with van der Waals surface area (Å²) >= 11 is 0. The molecule has 29 rings (SSSR count). The molecule has 0 fully saturated rings. The molecule has 0 unspecified atom stereocenters. The third kappa shape index (κ3) is 11.3. The molecule has 7 heterocycles. The van der Waals surface area contributed by atoms with Gasteiger partial charge >= 0.3 is 0 Å². The first-order chi connectivity index (χ1) is 66.4. The summed E-state index contributed by atoms with van der Waals surface area (Å²) in [6.45, 7) is 0. The van der Waals surface area contributed by atoms with Crippen LogP contribution in [0, 0.1) is 0 Å². The van der Waals surface area contributed by atoms with Crippen LogP contribution in [0.1, 0.15) is 0 Å². The lowest BCUT2D eigenvalue weighted by Gasteiger charge is -2.14. The van der Waals surface area contributed by atoms with Crippen LogP contribution in [-0.2, 0) is 0 Å². The lowest BCUT2D eigenvalue weighted by Crippen LogP contribution is -2.04. The van der Waals surface area contributed by atoms with Crippen molar-refractivity contribution in [2.75, 3.05) is 0 Å². The Morgan fingerprint density at radius 1 is 0.127 bits per heavy atom. The topological polar surface area (TPSA) is 55.4 Å². The lowest BCUT2D eigenvalue weighted by atomic mass is 9.98. The van der Waals surface area contributed by atoms with Gasteiger partial charge in [0.05, 0.1) is 77.4 Å². The molecule has 0 N–H and O–H groups in total. The summed E-state index contributed by atoms with van der Waals surface area (Å²) in [4.78, 5) is 11.6. The highest BCUT2D eigenvalue weighted by atomic mass is 15.2. The number of nitrogens with zero attached hydrogens (tertiary/aromatic N) is 8.